The zero-order valence-electron chi connectivity index (χ0n) is 17.4. The molecule has 6 rings (SSSR count). The third-order valence-corrected chi connectivity index (χ3v) is 6.91. The van der Waals surface area contributed by atoms with Gasteiger partial charge in [-0.05, 0) is 60.6 Å². The smallest absolute Gasteiger partial charge is 0.248 e. The second kappa shape index (κ2) is 7.93. The standard InChI is InChI=1S/C21H25F2N3O.C3H6/c22-21(23)9-14(10-21)7-20(27)24-11-12-1-2-17-18(5-12)26-19(25-17)6-13-3-15-8-16(15)4-13;1-2-3-1/h1-2,5,13-16H,3-4,6-11H2,(H,24,27)(H,25,26);1-3H2. The molecule has 4 saturated carbocycles. The van der Waals surface area contributed by atoms with Crippen LogP contribution in [0.1, 0.15) is 69.2 Å². The Bertz CT molecular complexity index is 902. The number of benzene rings is 1. The molecule has 1 aromatic carbocycles. The average molecular weight is 416 g/mol. The van der Waals surface area contributed by atoms with Crippen molar-refractivity contribution in [2.75, 3.05) is 0 Å². The monoisotopic (exact) mass is 415 g/mol. The van der Waals surface area contributed by atoms with Crippen molar-refractivity contribution in [3.05, 3.63) is 29.6 Å². The van der Waals surface area contributed by atoms with E-state index in [-0.39, 0.29) is 31.1 Å². The second-order valence-electron chi connectivity index (χ2n) is 10.0. The number of nitrogens with one attached hydrogen (secondary N) is 2. The Labute approximate surface area is 176 Å². The van der Waals surface area contributed by atoms with Gasteiger partial charge in [-0.15, -0.1) is 0 Å². The number of imidazole rings is 1. The first-order valence-electron chi connectivity index (χ1n) is 11.6. The van der Waals surface area contributed by atoms with Gasteiger partial charge in [0.05, 0.1) is 11.0 Å². The summed E-state index contributed by atoms with van der Waals surface area (Å²) in [5.74, 6) is 0.907. The summed E-state index contributed by atoms with van der Waals surface area (Å²) < 4.78 is 25.7. The molecular formula is C24H31F2N3O. The molecule has 0 bridgehead atoms. The lowest BCUT2D eigenvalue weighted by Gasteiger charge is -2.34. The molecule has 2 N–H and O–H groups in total. The van der Waals surface area contributed by atoms with Gasteiger partial charge in [-0.1, -0.05) is 25.3 Å². The molecule has 4 aliphatic rings. The third-order valence-electron chi connectivity index (χ3n) is 6.91. The van der Waals surface area contributed by atoms with Crippen molar-refractivity contribution < 1.29 is 13.6 Å². The normalized spacial score (nSPS) is 28.3. The lowest BCUT2D eigenvalue weighted by Crippen LogP contribution is -2.38. The van der Waals surface area contributed by atoms with Crippen LogP contribution in [0.15, 0.2) is 18.2 Å². The van der Waals surface area contributed by atoms with E-state index in [9.17, 15) is 13.6 Å². The largest absolute Gasteiger partial charge is 0.352 e. The van der Waals surface area contributed by atoms with Crippen molar-refractivity contribution in [2.45, 2.75) is 76.7 Å². The van der Waals surface area contributed by atoms with Crippen LogP contribution in [0, 0.1) is 23.7 Å². The summed E-state index contributed by atoms with van der Waals surface area (Å²) in [5.41, 5.74) is 2.95. The van der Waals surface area contributed by atoms with E-state index < -0.39 is 5.92 Å². The number of hydrogen-bond donors (Lipinski definition) is 2. The molecule has 0 saturated heterocycles. The van der Waals surface area contributed by atoms with Gasteiger partial charge in [-0.2, -0.15) is 0 Å². The summed E-state index contributed by atoms with van der Waals surface area (Å²) in [4.78, 5) is 20.1. The van der Waals surface area contributed by atoms with Crippen molar-refractivity contribution in [3.8, 4) is 0 Å². The van der Waals surface area contributed by atoms with Crippen LogP contribution in [-0.2, 0) is 17.8 Å². The SMILES string of the molecule is C1CC1.O=C(CC1CC(F)(F)C1)NCc1ccc2nc(CC3CC4CC4C3)[nH]c2c1. The Morgan fingerprint density at radius 1 is 1.10 bits per heavy atom. The minimum Gasteiger partial charge on any atom is -0.352 e. The number of fused-ring (bicyclic) bond motifs is 2. The van der Waals surface area contributed by atoms with Crippen molar-refractivity contribution >= 4 is 16.9 Å². The van der Waals surface area contributed by atoms with E-state index in [1.165, 1.54) is 38.5 Å². The molecule has 0 aliphatic heterocycles. The van der Waals surface area contributed by atoms with E-state index in [1.54, 1.807) is 0 Å². The molecule has 2 unspecified atom stereocenters. The number of hydrogen-bond acceptors (Lipinski definition) is 2. The maximum absolute atomic E-state index is 12.8. The van der Waals surface area contributed by atoms with Gasteiger partial charge in [-0.25, -0.2) is 13.8 Å². The molecule has 2 atom stereocenters. The first kappa shape index (κ1) is 20.0. The molecule has 1 heterocycles. The number of H-pyrrole nitrogens is 1. The van der Waals surface area contributed by atoms with Crippen LogP contribution in [0.5, 0.6) is 0 Å². The van der Waals surface area contributed by atoms with Gasteiger partial charge in [0.15, 0.2) is 0 Å². The predicted octanol–water partition coefficient (Wildman–Crippen LogP) is 5.37. The molecule has 0 radical (unpaired) electrons. The summed E-state index contributed by atoms with van der Waals surface area (Å²) in [6.07, 6.45) is 9.54. The minimum absolute atomic E-state index is 0.152. The van der Waals surface area contributed by atoms with E-state index in [4.69, 9.17) is 4.98 Å². The molecule has 1 amide bonds. The van der Waals surface area contributed by atoms with Crippen LogP contribution in [0.3, 0.4) is 0 Å². The molecular weight excluding hydrogens is 384 g/mol. The number of nitrogens with zero attached hydrogens (tertiary/aromatic N) is 1. The van der Waals surface area contributed by atoms with Crippen LogP contribution in [-0.4, -0.2) is 21.8 Å². The Balaban J connectivity index is 0.000000592. The highest BCUT2D eigenvalue weighted by Gasteiger charge is 2.46. The zero-order valence-corrected chi connectivity index (χ0v) is 17.4. The lowest BCUT2D eigenvalue weighted by molar-refractivity contribution is -0.133. The third kappa shape index (κ3) is 5.01. The van der Waals surface area contributed by atoms with E-state index in [1.807, 2.05) is 18.2 Å². The quantitative estimate of drug-likeness (QED) is 0.666. The summed E-state index contributed by atoms with van der Waals surface area (Å²) in [7, 11) is 0. The Morgan fingerprint density at radius 2 is 1.83 bits per heavy atom. The number of amides is 1. The number of halogens is 2. The van der Waals surface area contributed by atoms with Gasteiger partial charge in [0.2, 0.25) is 11.8 Å². The number of carbonyl (C=O) groups is 1. The summed E-state index contributed by atoms with van der Waals surface area (Å²) >= 11 is 0. The second-order valence-corrected chi connectivity index (χ2v) is 10.0. The van der Waals surface area contributed by atoms with Gasteiger partial charge in [-0.3, -0.25) is 4.79 Å². The first-order chi connectivity index (χ1) is 14.4. The van der Waals surface area contributed by atoms with Crippen LogP contribution < -0.4 is 5.32 Å². The van der Waals surface area contributed by atoms with E-state index in [0.717, 1.165) is 46.6 Å². The van der Waals surface area contributed by atoms with E-state index in [2.05, 4.69) is 10.3 Å². The van der Waals surface area contributed by atoms with E-state index >= 15 is 0 Å². The Kier molecular flexibility index (Phi) is 5.28. The zero-order chi connectivity index (χ0) is 20.7. The van der Waals surface area contributed by atoms with Crippen LogP contribution in [0.2, 0.25) is 0 Å². The summed E-state index contributed by atoms with van der Waals surface area (Å²) in [6.45, 7) is 0.415. The minimum atomic E-state index is -2.56. The Morgan fingerprint density at radius 3 is 2.50 bits per heavy atom. The number of rotatable bonds is 6. The fourth-order valence-electron chi connectivity index (χ4n) is 5.06. The number of aromatic nitrogens is 2. The molecule has 2 aromatic rings. The van der Waals surface area contributed by atoms with Crippen molar-refractivity contribution in [3.63, 3.8) is 0 Å². The highest BCUT2D eigenvalue weighted by molar-refractivity contribution is 5.78. The van der Waals surface area contributed by atoms with Crippen LogP contribution in [0.4, 0.5) is 8.78 Å². The summed E-state index contributed by atoms with van der Waals surface area (Å²) in [5, 5.41) is 2.85. The highest BCUT2D eigenvalue weighted by Crippen LogP contribution is 2.54. The van der Waals surface area contributed by atoms with Crippen molar-refractivity contribution in [1.82, 2.24) is 15.3 Å². The van der Waals surface area contributed by atoms with Gasteiger partial charge < -0.3 is 10.3 Å². The van der Waals surface area contributed by atoms with Crippen molar-refractivity contribution in [2.24, 2.45) is 23.7 Å². The number of alkyl halides is 2. The fraction of sp³-hybridized carbons (Fsp3) is 0.667. The van der Waals surface area contributed by atoms with Gasteiger partial charge >= 0.3 is 0 Å². The first-order valence-corrected chi connectivity index (χ1v) is 11.6. The molecule has 4 nitrogen and oxygen atoms in total. The maximum atomic E-state index is 12.8. The molecule has 30 heavy (non-hydrogen) atoms. The fourth-order valence-corrected chi connectivity index (χ4v) is 5.06. The predicted molar refractivity (Wildman–Crippen MR) is 112 cm³/mol. The Hall–Kier alpha value is -1.98. The van der Waals surface area contributed by atoms with Gasteiger partial charge in [0.25, 0.3) is 0 Å². The molecule has 1 aromatic heterocycles. The molecule has 162 valence electrons. The number of carbonyl (C=O) groups excluding carboxylic acids is 1. The van der Waals surface area contributed by atoms with Gasteiger partial charge in [0.1, 0.15) is 5.82 Å². The topological polar surface area (TPSA) is 57.8 Å². The number of aromatic amines is 1. The van der Waals surface area contributed by atoms with E-state index in [0.29, 0.717) is 6.54 Å². The highest BCUT2D eigenvalue weighted by atomic mass is 19.3. The molecule has 4 fully saturated rings. The van der Waals surface area contributed by atoms with Crippen LogP contribution in [0.25, 0.3) is 11.0 Å². The maximum Gasteiger partial charge on any atom is 0.248 e. The van der Waals surface area contributed by atoms with Crippen LogP contribution >= 0.6 is 0 Å². The summed E-state index contributed by atoms with van der Waals surface area (Å²) in [6, 6.07) is 5.97. The molecule has 0 spiro atoms. The lowest BCUT2D eigenvalue weighted by atomic mass is 9.79. The molecule has 6 heteroatoms. The van der Waals surface area contributed by atoms with Crippen molar-refractivity contribution in [1.29, 1.82) is 0 Å². The van der Waals surface area contributed by atoms with Gasteiger partial charge in [0, 0.05) is 32.2 Å². The molecule has 4 aliphatic carbocycles. The average Bonchev–Trinajstić information content (AvgIpc) is 3.60.